The summed E-state index contributed by atoms with van der Waals surface area (Å²) in [5, 5.41) is 4.10. The van der Waals surface area contributed by atoms with Crippen LogP contribution >= 0.6 is 23.2 Å². The highest BCUT2D eigenvalue weighted by molar-refractivity contribution is 7.92. The molecule has 2 aromatic carbocycles. The van der Waals surface area contributed by atoms with Gasteiger partial charge in [0.25, 0.3) is 15.9 Å². The summed E-state index contributed by atoms with van der Waals surface area (Å²) in [5.74, 6) is 0.0871. The molecule has 224 valence electrons. The van der Waals surface area contributed by atoms with Crippen LogP contribution in [0.15, 0.2) is 59.5 Å². The van der Waals surface area contributed by atoms with Crippen molar-refractivity contribution in [2.24, 2.45) is 11.3 Å². The molecule has 4 heterocycles. The minimum absolute atomic E-state index is 0.00615. The summed E-state index contributed by atoms with van der Waals surface area (Å²) in [5.41, 5.74) is 0.150. The maximum absolute atomic E-state index is 14.2. The Morgan fingerprint density at radius 3 is 2.45 bits per heavy atom. The normalized spacial score (nSPS) is 26.8. The van der Waals surface area contributed by atoms with Gasteiger partial charge >= 0.3 is 0 Å². The molecule has 3 fully saturated rings. The molecule has 1 N–H and O–H groups in total. The molecule has 1 spiro atoms. The van der Waals surface area contributed by atoms with E-state index in [9.17, 15) is 18.0 Å². The minimum Gasteiger partial charge on any atom is -0.340 e. The van der Waals surface area contributed by atoms with Crippen LogP contribution in [0.1, 0.15) is 48.9 Å². The van der Waals surface area contributed by atoms with Crippen molar-refractivity contribution in [1.82, 2.24) is 15.1 Å². The molecule has 0 aliphatic carbocycles. The molecule has 4 aliphatic rings. The van der Waals surface area contributed by atoms with Crippen LogP contribution < -0.4 is 9.62 Å². The van der Waals surface area contributed by atoms with Gasteiger partial charge in [0.1, 0.15) is 0 Å². The van der Waals surface area contributed by atoms with Crippen LogP contribution in [0.5, 0.6) is 0 Å². The Morgan fingerprint density at radius 1 is 0.929 bits per heavy atom. The summed E-state index contributed by atoms with van der Waals surface area (Å²) >= 11 is 12.7. The summed E-state index contributed by atoms with van der Waals surface area (Å²) in [4.78, 5) is 32.1. The fourth-order valence-corrected chi connectivity index (χ4v) is 8.89. The smallest absolute Gasteiger partial charge is 0.264 e. The van der Waals surface area contributed by atoms with Crippen molar-refractivity contribution in [3.8, 4) is 0 Å². The molecule has 2 aromatic rings. The van der Waals surface area contributed by atoms with Crippen molar-refractivity contribution in [2.45, 2.75) is 49.5 Å². The van der Waals surface area contributed by atoms with E-state index in [1.165, 1.54) is 22.5 Å². The molecular weight excluding hydrogens is 595 g/mol. The fourth-order valence-electron chi connectivity index (χ4n) is 7.12. The first-order valence-electron chi connectivity index (χ1n) is 14.7. The molecule has 3 saturated heterocycles. The lowest BCUT2D eigenvalue weighted by atomic mass is 9.74. The highest BCUT2D eigenvalue weighted by atomic mass is 35.5. The summed E-state index contributed by atoms with van der Waals surface area (Å²) in [7, 11) is -4.07. The van der Waals surface area contributed by atoms with Crippen molar-refractivity contribution in [2.75, 3.05) is 43.6 Å². The van der Waals surface area contributed by atoms with Crippen molar-refractivity contribution >= 4 is 50.7 Å². The van der Waals surface area contributed by atoms with Gasteiger partial charge in [0.2, 0.25) is 5.91 Å². The third-order valence-corrected chi connectivity index (χ3v) is 11.8. The number of allylic oxidation sites excluding steroid dienone is 1. The maximum Gasteiger partial charge on any atom is 0.264 e. The van der Waals surface area contributed by atoms with Gasteiger partial charge in [0.15, 0.2) is 0 Å². The molecule has 0 radical (unpaired) electrons. The van der Waals surface area contributed by atoms with E-state index < -0.39 is 15.4 Å². The highest BCUT2D eigenvalue weighted by Gasteiger charge is 2.48. The number of fused-ring (bicyclic) bond motifs is 3. The van der Waals surface area contributed by atoms with Crippen LogP contribution in [0.4, 0.5) is 5.69 Å². The zero-order chi connectivity index (χ0) is 29.5. The zero-order valence-corrected chi connectivity index (χ0v) is 25.8. The number of hydrogen-bond acceptors (Lipinski definition) is 5. The number of hydrogen-bond donors (Lipinski definition) is 1. The van der Waals surface area contributed by atoms with Gasteiger partial charge in [-0.05, 0) is 100.0 Å². The number of anilines is 1. The van der Waals surface area contributed by atoms with E-state index in [1.54, 1.807) is 24.3 Å². The van der Waals surface area contributed by atoms with Gasteiger partial charge in [-0.15, -0.1) is 0 Å². The molecule has 8 nitrogen and oxygen atoms in total. The van der Waals surface area contributed by atoms with Crippen LogP contribution in [0, 0.1) is 11.3 Å². The second-order valence-electron chi connectivity index (χ2n) is 11.9. The lowest BCUT2D eigenvalue weighted by Crippen LogP contribution is -2.50. The van der Waals surface area contributed by atoms with E-state index in [4.69, 9.17) is 23.2 Å². The highest BCUT2D eigenvalue weighted by Crippen LogP contribution is 2.40. The van der Waals surface area contributed by atoms with E-state index in [0.717, 1.165) is 38.8 Å². The summed E-state index contributed by atoms with van der Waals surface area (Å²) in [6, 6.07) is 10.9. The first-order chi connectivity index (χ1) is 20.2. The third-order valence-electron chi connectivity index (χ3n) is 9.44. The van der Waals surface area contributed by atoms with E-state index in [2.05, 4.69) is 5.32 Å². The Labute approximate surface area is 257 Å². The Hall–Kier alpha value is -2.59. The molecule has 0 unspecified atom stereocenters. The Morgan fingerprint density at radius 2 is 1.69 bits per heavy atom. The molecule has 6 rings (SSSR count). The number of amides is 2. The van der Waals surface area contributed by atoms with E-state index in [0.29, 0.717) is 43.2 Å². The van der Waals surface area contributed by atoms with Gasteiger partial charge < -0.3 is 15.1 Å². The number of rotatable bonds is 1. The molecular formula is C31H36Cl2N4O4S. The number of halogens is 2. The first kappa shape index (κ1) is 29.5. The van der Waals surface area contributed by atoms with E-state index >= 15 is 0 Å². The molecule has 42 heavy (non-hydrogen) atoms. The molecule has 2 atom stereocenters. The Balaban J connectivity index is 1.44. The standard InChI is InChI=1S/C31H36Cl2N4O4S/c32-23-6-8-24(9-7-23)37-18-3-1-2-12-31(13-15-34-16-14-31)30(39)35-20-22-5-4-17-36(28(22)21-35)29(38)26-19-25(42(37,40)41)10-11-27(26)33/h1,3,6-11,19,22,28,34H,2,4-5,12-18,20-21H2/b3-1-/t22-,28+/m0/s1. The quantitative estimate of drug-likeness (QED) is 0.449. The van der Waals surface area contributed by atoms with Crippen molar-refractivity contribution in [3.05, 3.63) is 70.2 Å². The summed E-state index contributed by atoms with van der Waals surface area (Å²) in [6.07, 6.45) is 8.49. The van der Waals surface area contributed by atoms with Crippen molar-refractivity contribution in [3.63, 3.8) is 0 Å². The second-order valence-corrected chi connectivity index (χ2v) is 14.6. The molecule has 0 aromatic heterocycles. The average Bonchev–Trinajstić information content (AvgIpc) is 3.43. The Bertz CT molecular complexity index is 1490. The number of carbonyl (C=O) groups is 2. The molecule has 4 aliphatic heterocycles. The third kappa shape index (κ3) is 5.45. The minimum atomic E-state index is -4.07. The van der Waals surface area contributed by atoms with Gasteiger partial charge in [0, 0.05) is 24.7 Å². The van der Waals surface area contributed by atoms with Crippen LogP contribution in [-0.4, -0.2) is 75.3 Å². The van der Waals surface area contributed by atoms with Crippen LogP contribution in [0.25, 0.3) is 0 Å². The number of benzene rings is 2. The van der Waals surface area contributed by atoms with Crippen LogP contribution in [0.2, 0.25) is 10.0 Å². The van der Waals surface area contributed by atoms with E-state index in [1.807, 2.05) is 22.0 Å². The van der Waals surface area contributed by atoms with Crippen molar-refractivity contribution < 1.29 is 18.0 Å². The maximum atomic E-state index is 14.2. The number of nitrogens with one attached hydrogen (secondary N) is 1. The van der Waals surface area contributed by atoms with Gasteiger partial charge in [0.05, 0.1) is 39.2 Å². The zero-order valence-electron chi connectivity index (χ0n) is 23.5. The predicted octanol–water partition coefficient (Wildman–Crippen LogP) is 4.97. The lowest BCUT2D eigenvalue weighted by molar-refractivity contribution is -0.143. The number of carbonyl (C=O) groups excluding carboxylic acids is 2. The number of piperidine rings is 2. The van der Waals surface area contributed by atoms with Crippen LogP contribution in [0.3, 0.4) is 0 Å². The Kier molecular flexibility index (Phi) is 8.30. The summed E-state index contributed by atoms with van der Waals surface area (Å²) < 4.78 is 29.5. The van der Waals surface area contributed by atoms with Gasteiger partial charge in [-0.25, -0.2) is 8.42 Å². The molecule has 2 amide bonds. The number of nitrogens with zero attached hydrogens (tertiary/aromatic N) is 3. The average molecular weight is 632 g/mol. The first-order valence-corrected chi connectivity index (χ1v) is 16.9. The topological polar surface area (TPSA) is 90.0 Å². The lowest BCUT2D eigenvalue weighted by Gasteiger charge is -2.39. The SMILES string of the molecule is O=C1c2cc(ccc2Cl)S(=O)(=O)N(c2ccc(Cl)cc2)C/C=C\CCC2(CCNCC2)C(=O)N2C[C@@H]3CCCN1[C@@H]3C2. The van der Waals surface area contributed by atoms with Gasteiger partial charge in [-0.2, -0.15) is 0 Å². The van der Waals surface area contributed by atoms with Crippen molar-refractivity contribution in [1.29, 1.82) is 0 Å². The molecule has 4 bridgehead atoms. The number of sulfonamides is 1. The van der Waals surface area contributed by atoms with E-state index in [-0.39, 0.29) is 45.8 Å². The monoisotopic (exact) mass is 630 g/mol. The van der Waals surface area contributed by atoms with Gasteiger partial charge in [-0.3, -0.25) is 13.9 Å². The second kappa shape index (κ2) is 11.8. The predicted molar refractivity (Wildman–Crippen MR) is 164 cm³/mol. The molecule has 11 heteroatoms. The van der Waals surface area contributed by atoms with Gasteiger partial charge in [-0.1, -0.05) is 35.4 Å². The summed E-state index contributed by atoms with van der Waals surface area (Å²) in [6.45, 7) is 3.36. The molecule has 0 saturated carbocycles. The van der Waals surface area contributed by atoms with Crippen LogP contribution in [-0.2, 0) is 14.8 Å². The largest absolute Gasteiger partial charge is 0.340 e. The fraction of sp³-hybridized carbons (Fsp3) is 0.484.